The normalized spacial score (nSPS) is 10.5. The number of hydrogen-bond donors (Lipinski definition) is 1. The molecule has 4 nitrogen and oxygen atoms in total. The van der Waals surface area contributed by atoms with E-state index in [-0.39, 0.29) is 12.5 Å². The van der Waals surface area contributed by atoms with Gasteiger partial charge < -0.3 is 14.8 Å². The van der Waals surface area contributed by atoms with Crippen LogP contribution in [0.3, 0.4) is 0 Å². The molecule has 0 spiro atoms. The van der Waals surface area contributed by atoms with Crippen molar-refractivity contribution >= 4 is 5.91 Å². The third-order valence-electron chi connectivity index (χ3n) is 3.68. The maximum absolute atomic E-state index is 11.8. The van der Waals surface area contributed by atoms with Gasteiger partial charge in [-0.05, 0) is 36.1 Å². The van der Waals surface area contributed by atoms with Crippen LogP contribution in [0.4, 0.5) is 0 Å². The number of para-hydroxylation sites is 2. The lowest BCUT2D eigenvalue weighted by atomic mass is 10.0. The van der Waals surface area contributed by atoms with E-state index in [0.717, 1.165) is 17.1 Å². The first-order valence-corrected chi connectivity index (χ1v) is 8.24. The molecule has 0 fully saturated rings. The van der Waals surface area contributed by atoms with Gasteiger partial charge in [-0.25, -0.2) is 0 Å². The number of benzene rings is 2. The first-order valence-electron chi connectivity index (χ1n) is 8.24. The second-order valence-corrected chi connectivity index (χ2v) is 5.95. The molecule has 0 saturated carbocycles. The molecule has 0 aromatic heterocycles. The molecule has 24 heavy (non-hydrogen) atoms. The zero-order valence-corrected chi connectivity index (χ0v) is 14.5. The highest BCUT2D eigenvalue weighted by Gasteiger charge is 2.07. The highest BCUT2D eigenvalue weighted by atomic mass is 16.5. The Balaban J connectivity index is 1.71. The number of nitrogens with one attached hydrogen (secondary N) is 1. The van der Waals surface area contributed by atoms with E-state index in [2.05, 4.69) is 25.2 Å². The van der Waals surface area contributed by atoms with Crippen molar-refractivity contribution in [1.82, 2.24) is 5.32 Å². The molecule has 1 amide bonds. The molecule has 1 N–H and O–H groups in total. The van der Waals surface area contributed by atoms with Gasteiger partial charge in [0.15, 0.2) is 6.61 Å². The first-order chi connectivity index (χ1) is 11.6. The molecule has 4 heteroatoms. The standard InChI is InChI=1S/C20H25NO3/c1-15(2)17-9-5-7-11-19(17)23-13-12-21-20(22)14-24-18-10-6-4-8-16(18)3/h4-11,15H,12-14H2,1-3H3,(H,21,22). The minimum atomic E-state index is -0.154. The topological polar surface area (TPSA) is 47.6 Å². The van der Waals surface area contributed by atoms with Crippen LogP contribution < -0.4 is 14.8 Å². The molecule has 0 aliphatic heterocycles. The molecule has 0 aliphatic carbocycles. The SMILES string of the molecule is Cc1ccccc1OCC(=O)NCCOc1ccccc1C(C)C. The molecule has 0 heterocycles. The fourth-order valence-corrected chi connectivity index (χ4v) is 2.35. The van der Waals surface area contributed by atoms with Gasteiger partial charge in [-0.3, -0.25) is 4.79 Å². The van der Waals surface area contributed by atoms with Crippen LogP contribution in [-0.2, 0) is 4.79 Å². The average molecular weight is 327 g/mol. The van der Waals surface area contributed by atoms with Gasteiger partial charge in [0.25, 0.3) is 5.91 Å². The van der Waals surface area contributed by atoms with E-state index < -0.39 is 0 Å². The molecule has 128 valence electrons. The molecule has 0 aliphatic rings. The largest absolute Gasteiger partial charge is 0.491 e. The van der Waals surface area contributed by atoms with Gasteiger partial charge in [0.1, 0.15) is 18.1 Å². The Kier molecular flexibility index (Phi) is 6.67. The van der Waals surface area contributed by atoms with Gasteiger partial charge in [0, 0.05) is 0 Å². The molecule has 2 aromatic rings. The number of carbonyl (C=O) groups excluding carboxylic acids is 1. The van der Waals surface area contributed by atoms with Crippen LogP contribution in [0.2, 0.25) is 0 Å². The maximum atomic E-state index is 11.8. The Morgan fingerprint density at radius 2 is 1.67 bits per heavy atom. The maximum Gasteiger partial charge on any atom is 0.258 e. The van der Waals surface area contributed by atoms with Crippen LogP contribution in [-0.4, -0.2) is 25.7 Å². The molecule has 0 saturated heterocycles. The zero-order chi connectivity index (χ0) is 17.4. The van der Waals surface area contributed by atoms with Gasteiger partial charge >= 0.3 is 0 Å². The van der Waals surface area contributed by atoms with Crippen molar-refractivity contribution in [3.8, 4) is 11.5 Å². The summed E-state index contributed by atoms with van der Waals surface area (Å²) in [6, 6.07) is 15.6. The summed E-state index contributed by atoms with van der Waals surface area (Å²) in [6.07, 6.45) is 0. The van der Waals surface area contributed by atoms with E-state index in [4.69, 9.17) is 9.47 Å². The fraction of sp³-hybridized carbons (Fsp3) is 0.350. The Labute approximate surface area is 143 Å². The zero-order valence-electron chi connectivity index (χ0n) is 14.5. The lowest BCUT2D eigenvalue weighted by Gasteiger charge is -2.14. The van der Waals surface area contributed by atoms with Gasteiger partial charge in [-0.1, -0.05) is 50.2 Å². The molecule has 0 radical (unpaired) electrons. The van der Waals surface area contributed by atoms with Crippen LogP contribution in [0.5, 0.6) is 11.5 Å². The minimum absolute atomic E-state index is 0.00738. The number of hydrogen-bond acceptors (Lipinski definition) is 3. The van der Waals surface area contributed by atoms with Crippen LogP contribution in [0.25, 0.3) is 0 Å². The van der Waals surface area contributed by atoms with Crippen LogP contribution in [0, 0.1) is 6.92 Å². The molecule has 0 bridgehead atoms. The number of amides is 1. The second kappa shape index (κ2) is 8.96. The summed E-state index contributed by atoms with van der Waals surface area (Å²) in [7, 11) is 0. The monoisotopic (exact) mass is 327 g/mol. The summed E-state index contributed by atoms with van der Waals surface area (Å²) in [5.74, 6) is 1.85. The smallest absolute Gasteiger partial charge is 0.258 e. The predicted molar refractivity (Wildman–Crippen MR) is 95.7 cm³/mol. The molecule has 2 rings (SSSR count). The van der Waals surface area contributed by atoms with E-state index in [0.29, 0.717) is 19.1 Å². The van der Waals surface area contributed by atoms with Crippen LogP contribution >= 0.6 is 0 Å². The summed E-state index contributed by atoms with van der Waals surface area (Å²) in [4.78, 5) is 11.8. The molecular weight excluding hydrogens is 302 g/mol. The highest BCUT2D eigenvalue weighted by molar-refractivity contribution is 5.77. The van der Waals surface area contributed by atoms with Gasteiger partial charge in [0.05, 0.1) is 6.54 Å². The van der Waals surface area contributed by atoms with Gasteiger partial charge in [0.2, 0.25) is 0 Å². The minimum Gasteiger partial charge on any atom is -0.491 e. The Morgan fingerprint density at radius 3 is 2.38 bits per heavy atom. The van der Waals surface area contributed by atoms with Crippen LogP contribution in [0.1, 0.15) is 30.9 Å². The van der Waals surface area contributed by atoms with Crippen molar-refractivity contribution in [1.29, 1.82) is 0 Å². The predicted octanol–water partition coefficient (Wildman–Crippen LogP) is 3.69. The van der Waals surface area contributed by atoms with E-state index in [1.807, 2.05) is 49.4 Å². The third-order valence-corrected chi connectivity index (χ3v) is 3.68. The van der Waals surface area contributed by atoms with Gasteiger partial charge in [-0.2, -0.15) is 0 Å². The Bertz CT molecular complexity index is 667. The average Bonchev–Trinajstić information content (AvgIpc) is 2.58. The molecule has 2 aromatic carbocycles. The molecular formula is C20H25NO3. The Hall–Kier alpha value is -2.49. The van der Waals surface area contributed by atoms with E-state index in [9.17, 15) is 4.79 Å². The van der Waals surface area contributed by atoms with E-state index in [1.165, 1.54) is 5.56 Å². The number of aryl methyl sites for hydroxylation is 1. The van der Waals surface area contributed by atoms with Crippen molar-refractivity contribution < 1.29 is 14.3 Å². The van der Waals surface area contributed by atoms with Crippen molar-refractivity contribution in [2.75, 3.05) is 19.8 Å². The van der Waals surface area contributed by atoms with Crippen molar-refractivity contribution in [3.63, 3.8) is 0 Å². The Morgan fingerprint density at radius 1 is 1.00 bits per heavy atom. The lowest BCUT2D eigenvalue weighted by Crippen LogP contribution is -2.32. The van der Waals surface area contributed by atoms with Gasteiger partial charge in [-0.15, -0.1) is 0 Å². The summed E-state index contributed by atoms with van der Waals surface area (Å²) in [5, 5.41) is 2.80. The number of carbonyl (C=O) groups is 1. The molecule has 0 unspecified atom stereocenters. The summed E-state index contributed by atoms with van der Waals surface area (Å²) in [5.41, 5.74) is 2.19. The van der Waals surface area contributed by atoms with E-state index >= 15 is 0 Å². The summed E-state index contributed by atoms with van der Waals surface area (Å²) >= 11 is 0. The van der Waals surface area contributed by atoms with Crippen molar-refractivity contribution in [2.24, 2.45) is 0 Å². The fourth-order valence-electron chi connectivity index (χ4n) is 2.35. The van der Waals surface area contributed by atoms with Crippen molar-refractivity contribution in [3.05, 3.63) is 59.7 Å². The van der Waals surface area contributed by atoms with E-state index in [1.54, 1.807) is 0 Å². The third kappa shape index (κ3) is 5.30. The second-order valence-electron chi connectivity index (χ2n) is 5.95. The quantitative estimate of drug-likeness (QED) is 0.752. The first kappa shape index (κ1) is 17.9. The molecule has 0 atom stereocenters. The number of rotatable bonds is 8. The van der Waals surface area contributed by atoms with Crippen LogP contribution in [0.15, 0.2) is 48.5 Å². The number of ether oxygens (including phenoxy) is 2. The summed E-state index contributed by atoms with van der Waals surface area (Å²) < 4.78 is 11.3. The van der Waals surface area contributed by atoms with Crippen molar-refractivity contribution in [2.45, 2.75) is 26.7 Å². The summed E-state index contributed by atoms with van der Waals surface area (Å²) in [6.45, 7) is 7.10. The lowest BCUT2D eigenvalue weighted by molar-refractivity contribution is -0.123. The highest BCUT2D eigenvalue weighted by Crippen LogP contribution is 2.25.